The number of hydrogen-bond donors (Lipinski definition) is 0. The summed E-state index contributed by atoms with van der Waals surface area (Å²) in [5, 5.41) is 0. The Kier molecular flexibility index (Phi) is 38.8. The van der Waals surface area contributed by atoms with Gasteiger partial charge in [0, 0.05) is 12.8 Å². The molecule has 0 spiro atoms. The quantitative estimate of drug-likeness (QED) is 0.0198. The Labute approximate surface area is 366 Å². The number of unbranched alkanes of at least 4 members (excludes halogenated alkanes) is 7. The van der Waals surface area contributed by atoms with E-state index in [2.05, 4.69) is 105 Å². The van der Waals surface area contributed by atoms with Crippen molar-refractivity contribution < 1.29 is 42.1 Å². The highest BCUT2D eigenvalue weighted by Crippen LogP contribution is 2.38. The Balaban J connectivity index is 4.50. The fourth-order valence-electron chi connectivity index (χ4n) is 5.28. The van der Waals surface area contributed by atoms with E-state index in [4.69, 9.17) is 18.5 Å². The van der Waals surface area contributed by atoms with Gasteiger partial charge in [-0.25, -0.2) is 0 Å². The van der Waals surface area contributed by atoms with E-state index in [1.165, 1.54) is 38.5 Å². The number of nitrogens with zero attached hydrogens (tertiary/aromatic N) is 1. The molecule has 0 aromatic heterocycles. The summed E-state index contributed by atoms with van der Waals surface area (Å²) in [4.78, 5) is 37.5. The third-order valence-corrected chi connectivity index (χ3v) is 9.75. The second kappa shape index (κ2) is 41.0. The van der Waals surface area contributed by atoms with Crippen molar-refractivity contribution in [3.8, 4) is 0 Å². The Bertz CT molecular complexity index is 1380. The highest BCUT2D eigenvalue weighted by molar-refractivity contribution is 7.45. The van der Waals surface area contributed by atoms with Gasteiger partial charge >= 0.3 is 11.9 Å². The van der Waals surface area contributed by atoms with Crippen molar-refractivity contribution in [2.24, 2.45) is 0 Å². The zero-order chi connectivity index (χ0) is 44.3. The summed E-state index contributed by atoms with van der Waals surface area (Å²) in [6.45, 7) is 3.94. The highest BCUT2D eigenvalue weighted by atomic mass is 31.2. The maximum absolute atomic E-state index is 12.6. The Morgan fingerprint density at radius 2 is 0.983 bits per heavy atom. The minimum atomic E-state index is -4.66. The number of esters is 2. The maximum atomic E-state index is 12.6. The third kappa shape index (κ3) is 44.2. The van der Waals surface area contributed by atoms with E-state index in [-0.39, 0.29) is 26.1 Å². The third-order valence-electron chi connectivity index (χ3n) is 8.79. The summed E-state index contributed by atoms with van der Waals surface area (Å²) >= 11 is 0. The van der Waals surface area contributed by atoms with Crippen molar-refractivity contribution in [2.75, 3.05) is 47.5 Å². The molecular formula is C50H82NO8P. The molecule has 0 aliphatic carbocycles. The molecule has 0 saturated heterocycles. The van der Waals surface area contributed by atoms with Crippen LogP contribution in [0, 0.1) is 0 Å². The number of carbonyl (C=O) groups excluding carboxylic acids is 2. The number of likely N-dealkylation sites (N-methyl/N-ethyl adjacent to an activating group) is 1. The first-order chi connectivity index (χ1) is 29.0. The molecule has 0 rings (SSSR count). The zero-order valence-corrected chi connectivity index (χ0v) is 39.0. The average Bonchev–Trinajstić information content (AvgIpc) is 3.20. The lowest BCUT2D eigenvalue weighted by atomic mass is 10.1. The van der Waals surface area contributed by atoms with Gasteiger partial charge in [-0.15, -0.1) is 0 Å². The SMILES string of the molecule is CC/C=C/C/C=C/C/C=C/C/C=C/C/C=C/C/C=C/C/C=C/CCCC(=O)OCC(COP(=O)([O-])OCC[N+](C)(C)C)OC(=O)CC/C=C/C/C=C/CCCCCCCC. The number of carbonyl (C=O) groups is 2. The molecule has 0 heterocycles. The van der Waals surface area contributed by atoms with Gasteiger partial charge in [0.25, 0.3) is 7.82 Å². The second-order valence-corrected chi connectivity index (χ2v) is 17.1. The lowest BCUT2D eigenvalue weighted by Crippen LogP contribution is -2.37. The summed E-state index contributed by atoms with van der Waals surface area (Å²) in [5.41, 5.74) is 0. The molecule has 0 amide bonds. The molecule has 10 heteroatoms. The van der Waals surface area contributed by atoms with Crippen LogP contribution in [0.15, 0.2) is 109 Å². The number of phosphoric acid groups is 1. The standard InChI is InChI=1S/C50H82NO8P/c1-6-8-10-12-14-16-18-20-21-22-23-24-25-26-27-28-29-31-32-34-36-38-40-42-49(52)56-46-48(47-58-60(54,55)57-45-44-51(3,4)5)59-50(53)43-41-39-37-35-33-30-19-17-15-13-11-9-7-2/h8,10,14,16,20-21,23-24,26-27,29-31,33-34,36-37,39,48H,6-7,9,11-13,15,17-19,22,25,28,32,35,38,40-47H2,1-5H3/b10-8+,16-14+,21-20+,24-23+,27-26+,31-29+,33-30+,36-34+,39-37+. The van der Waals surface area contributed by atoms with E-state index in [1.807, 2.05) is 39.4 Å². The first-order valence-electron chi connectivity index (χ1n) is 22.6. The molecule has 60 heavy (non-hydrogen) atoms. The molecule has 0 bridgehead atoms. The van der Waals surface area contributed by atoms with Crippen molar-refractivity contribution in [2.45, 2.75) is 148 Å². The molecule has 0 aromatic carbocycles. The Morgan fingerprint density at radius 1 is 0.533 bits per heavy atom. The predicted octanol–water partition coefficient (Wildman–Crippen LogP) is 12.5. The lowest BCUT2D eigenvalue weighted by Gasteiger charge is -2.28. The van der Waals surface area contributed by atoms with Crippen LogP contribution < -0.4 is 4.89 Å². The van der Waals surface area contributed by atoms with Gasteiger partial charge in [0.1, 0.15) is 19.8 Å². The molecule has 0 aromatic rings. The van der Waals surface area contributed by atoms with Crippen LogP contribution in [0.2, 0.25) is 0 Å². The summed E-state index contributed by atoms with van der Waals surface area (Å²) in [6.07, 6.45) is 55.8. The summed E-state index contributed by atoms with van der Waals surface area (Å²) in [7, 11) is 1.08. The predicted molar refractivity (Wildman–Crippen MR) is 249 cm³/mol. The van der Waals surface area contributed by atoms with Crippen LogP contribution in [0.4, 0.5) is 0 Å². The minimum absolute atomic E-state index is 0.0554. The van der Waals surface area contributed by atoms with E-state index in [1.54, 1.807) is 0 Å². The molecule has 0 radical (unpaired) electrons. The van der Waals surface area contributed by atoms with E-state index >= 15 is 0 Å². The molecule has 0 fully saturated rings. The van der Waals surface area contributed by atoms with Crippen LogP contribution in [-0.4, -0.2) is 70.0 Å². The maximum Gasteiger partial charge on any atom is 0.306 e. The average molecular weight is 856 g/mol. The number of ether oxygens (including phenoxy) is 2. The number of hydrogen-bond acceptors (Lipinski definition) is 8. The van der Waals surface area contributed by atoms with Crippen LogP contribution in [0.3, 0.4) is 0 Å². The first kappa shape index (κ1) is 56.7. The van der Waals surface area contributed by atoms with Crippen LogP contribution in [0.25, 0.3) is 0 Å². The van der Waals surface area contributed by atoms with Crippen molar-refractivity contribution in [1.29, 1.82) is 0 Å². The fraction of sp³-hybridized carbons (Fsp3) is 0.600. The van der Waals surface area contributed by atoms with Crippen LogP contribution in [-0.2, 0) is 32.7 Å². The van der Waals surface area contributed by atoms with Crippen LogP contribution in [0.1, 0.15) is 142 Å². The van der Waals surface area contributed by atoms with Gasteiger partial charge in [0.2, 0.25) is 0 Å². The minimum Gasteiger partial charge on any atom is -0.756 e. The molecule has 340 valence electrons. The summed E-state index contributed by atoms with van der Waals surface area (Å²) in [5.74, 6) is -0.995. The Morgan fingerprint density at radius 3 is 1.48 bits per heavy atom. The largest absolute Gasteiger partial charge is 0.756 e. The van der Waals surface area contributed by atoms with Crippen molar-refractivity contribution in [1.82, 2.24) is 0 Å². The number of phosphoric ester groups is 1. The first-order valence-corrected chi connectivity index (χ1v) is 24.1. The summed E-state index contributed by atoms with van der Waals surface area (Å²) < 4.78 is 33.7. The Hall–Kier alpha value is -3.33. The molecule has 2 unspecified atom stereocenters. The zero-order valence-electron chi connectivity index (χ0n) is 38.1. The topological polar surface area (TPSA) is 111 Å². The molecule has 0 aliphatic heterocycles. The van der Waals surface area contributed by atoms with Gasteiger partial charge < -0.3 is 27.9 Å². The highest BCUT2D eigenvalue weighted by Gasteiger charge is 2.21. The van der Waals surface area contributed by atoms with E-state index in [0.29, 0.717) is 30.3 Å². The summed E-state index contributed by atoms with van der Waals surface area (Å²) in [6, 6.07) is 0. The second-order valence-electron chi connectivity index (χ2n) is 15.7. The fourth-order valence-corrected chi connectivity index (χ4v) is 6.01. The molecular weight excluding hydrogens is 774 g/mol. The molecule has 0 N–H and O–H groups in total. The van der Waals surface area contributed by atoms with Gasteiger partial charge in [-0.05, 0) is 83.5 Å². The van der Waals surface area contributed by atoms with Gasteiger partial charge in [-0.1, -0.05) is 155 Å². The van der Waals surface area contributed by atoms with Gasteiger partial charge in [0.15, 0.2) is 6.10 Å². The van der Waals surface area contributed by atoms with Gasteiger partial charge in [-0.2, -0.15) is 0 Å². The lowest BCUT2D eigenvalue weighted by molar-refractivity contribution is -0.870. The smallest absolute Gasteiger partial charge is 0.306 e. The molecule has 0 saturated carbocycles. The monoisotopic (exact) mass is 856 g/mol. The van der Waals surface area contributed by atoms with E-state index < -0.39 is 32.5 Å². The van der Waals surface area contributed by atoms with Gasteiger partial charge in [-0.3, -0.25) is 14.2 Å². The van der Waals surface area contributed by atoms with E-state index in [9.17, 15) is 19.0 Å². The molecule has 0 aliphatic rings. The molecule has 9 nitrogen and oxygen atoms in total. The van der Waals surface area contributed by atoms with Crippen molar-refractivity contribution in [3.63, 3.8) is 0 Å². The number of allylic oxidation sites excluding steroid dienone is 18. The molecule has 2 atom stereocenters. The van der Waals surface area contributed by atoms with Gasteiger partial charge in [0.05, 0.1) is 27.7 Å². The number of rotatable bonds is 39. The normalized spacial score (nSPS) is 14.6. The van der Waals surface area contributed by atoms with Crippen molar-refractivity contribution in [3.05, 3.63) is 109 Å². The van der Waals surface area contributed by atoms with Crippen molar-refractivity contribution >= 4 is 19.8 Å². The number of quaternary nitrogens is 1. The van der Waals surface area contributed by atoms with Crippen LogP contribution >= 0.6 is 7.82 Å². The van der Waals surface area contributed by atoms with Crippen LogP contribution in [0.5, 0.6) is 0 Å². The van der Waals surface area contributed by atoms with E-state index in [0.717, 1.165) is 57.8 Å².